The van der Waals surface area contributed by atoms with Gasteiger partial charge >= 0.3 is 0 Å². The lowest BCUT2D eigenvalue weighted by atomic mass is 10.2. The number of ether oxygens (including phenoxy) is 1. The van der Waals surface area contributed by atoms with Crippen LogP contribution < -0.4 is 5.32 Å². The topological polar surface area (TPSA) is 137 Å². The summed E-state index contributed by atoms with van der Waals surface area (Å²) >= 11 is 0. The molecule has 0 spiro atoms. The van der Waals surface area contributed by atoms with Crippen LogP contribution in [0, 0.1) is 11.3 Å². The monoisotopic (exact) mass is 430 g/mol. The number of hydrogen-bond donors (Lipinski definition) is 1. The maximum absolute atomic E-state index is 12.5. The Kier molecular flexibility index (Phi) is 7.50. The SMILES string of the molecule is CN(CC(=O)NCCS(=O)(=O)N1CCOCC1)S(=O)(=O)c1ccc(C#N)cc1. The van der Waals surface area contributed by atoms with Crippen molar-refractivity contribution in [2.75, 3.05) is 52.2 Å². The van der Waals surface area contributed by atoms with Gasteiger partial charge in [0.25, 0.3) is 0 Å². The molecule has 1 saturated heterocycles. The predicted molar refractivity (Wildman–Crippen MR) is 100 cm³/mol. The molecule has 0 aromatic heterocycles. The molecule has 0 saturated carbocycles. The molecule has 2 rings (SSSR count). The molecule has 0 bridgehead atoms. The van der Waals surface area contributed by atoms with Gasteiger partial charge in [0.05, 0.1) is 42.0 Å². The molecule has 0 radical (unpaired) electrons. The zero-order valence-corrected chi connectivity index (χ0v) is 17.0. The highest BCUT2D eigenvalue weighted by atomic mass is 32.2. The highest BCUT2D eigenvalue weighted by Crippen LogP contribution is 2.14. The first kappa shape index (κ1) is 22.3. The number of amides is 1. The maximum atomic E-state index is 12.5. The second kappa shape index (κ2) is 9.44. The van der Waals surface area contributed by atoms with E-state index in [9.17, 15) is 21.6 Å². The van der Waals surface area contributed by atoms with E-state index in [-0.39, 0.29) is 30.3 Å². The Labute approximate surface area is 164 Å². The Balaban J connectivity index is 1.86. The number of rotatable bonds is 8. The van der Waals surface area contributed by atoms with E-state index in [1.807, 2.05) is 6.07 Å². The molecule has 154 valence electrons. The molecule has 1 aromatic carbocycles. The van der Waals surface area contributed by atoms with Crippen LogP contribution in [0.15, 0.2) is 29.2 Å². The van der Waals surface area contributed by atoms with E-state index < -0.39 is 32.5 Å². The number of carbonyl (C=O) groups is 1. The van der Waals surface area contributed by atoms with E-state index in [0.29, 0.717) is 18.8 Å². The van der Waals surface area contributed by atoms with Crippen LogP contribution in [0.25, 0.3) is 0 Å². The van der Waals surface area contributed by atoms with Gasteiger partial charge in [-0.05, 0) is 24.3 Å². The molecular formula is C16H22N4O6S2. The Hall–Kier alpha value is -2.04. The van der Waals surface area contributed by atoms with E-state index >= 15 is 0 Å². The fraction of sp³-hybridized carbons (Fsp3) is 0.500. The number of nitrogens with zero attached hydrogens (tertiary/aromatic N) is 3. The van der Waals surface area contributed by atoms with Crippen LogP contribution in [-0.4, -0.2) is 83.5 Å². The highest BCUT2D eigenvalue weighted by molar-refractivity contribution is 7.89. The fourth-order valence-electron chi connectivity index (χ4n) is 2.50. The van der Waals surface area contributed by atoms with Gasteiger partial charge in [0.1, 0.15) is 0 Å². The Morgan fingerprint density at radius 1 is 1.21 bits per heavy atom. The predicted octanol–water partition coefficient (Wildman–Crippen LogP) is -1.04. The first-order chi connectivity index (χ1) is 13.2. The van der Waals surface area contributed by atoms with Crippen LogP contribution >= 0.6 is 0 Å². The van der Waals surface area contributed by atoms with Crippen molar-refractivity contribution in [2.45, 2.75) is 4.90 Å². The second-order valence-electron chi connectivity index (χ2n) is 6.07. The van der Waals surface area contributed by atoms with Crippen molar-refractivity contribution in [3.8, 4) is 6.07 Å². The summed E-state index contributed by atoms with van der Waals surface area (Å²) < 4.78 is 56.5. The van der Waals surface area contributed by atoms with Gasteiger partial charge in [-0.2, -0.15) is 13.9 Å². The molecule has 1 fully saturated rings. The Bertz CT molecular complexity index is 932. The minimum atomic E-state index is -3.91. The molecule has 1 N–H and O–H groups in total. The molecule has 1 aromatic rings. The second-order valence-corrected chi connectivity index (χ2v) is 10.2. The largest absolute Gasteiger partial charge is 0.379 e. The zero-order valence-electron chi connectivity index (χ0n) is 15.4. The summed E-state index contributed by atoms with van der Waals surface area (Å²) in [7, 11) is -6.16. The third kappa shape index (κ3) is 5.73. The molecule has 1 aliphatic rings. The molecule has 0 unspecified atom stereocenters. The average Bonchev–Trinajstić information content (AvgIpc) is 2.68. The number of sulfonamides is 2. The third-order valence-electron chi connectivity index (χ3n) is 4.10. The molecule has 0 atom stereocenters. The van der Waals surface area contributed by atoms with E-state index in [4.69, 9.17) is 10.00 Å². The average molecular weight is 431 g/mol. The Morgan fingerprint density at radius 2 is 1.82 bits per heavy atom. The van der Waals surface area contributed by atoms with Crippen LogP contribution in [0.4, 0.5) is 0 Å². The number of benzene rings is 1. The van der Waals surface area contributed by atoms with Gasteiger partial charge in [-0.3, -0.25) is 4.79 Å². The van der Waals surface area contributed by atoms with Crippen LogP contribution in [-0.2, 0) is 29.6 Å². The normalized spacial score (nSPS) is 15.9. The number of morpholine rings is 1. The maximum Gasteiger partial charge on any atom is 0.243 e. The summed E-state index contributed by atoms with van der Waals surface area (Å²) in [6.07, 6.45) is 0. The van der Waals surface area contributed by atoms with Crippen molar-refractivity contribution in [2.24, 2.45) is 0 Å². The molecule has 28 heavy (non-hydrogen) atoms. The van der Waals surface area contributed by atoms with Gasteiger partial charge in [0.15, 0.2) is 0 Å². The molecular weight excluding hydrogens is 408 g/mol. The summed E-state index contributed by atoms with van der Waals surface area (Å²) in [6.45, 7) is 0.653. The number of hydrogen-bond acceptors (Lipinski definition) is 7. The van der Waals surface area contributed by atoms with Gasteiger partial charge in [-0.15, -0.1) is 0 Å². The van der Waals surface area contributed by atoms with E-state index in [1.165, 1.54) is 35.6 Å². The number of nitrogens with one attached hydrogen (secondary N) is 1. The van der Waals surface area contributed by atoms with Crippen molar-refractivity contribution in [1.82, 2.24) is 13.9 Å². The number of likely N-dealkylation sites (N-methyl/N-ethyl adjacent to an activating group) is 1. The summed E-state index contributed by atoms with van der Waals surface area (Å²) in [4.78, 5) is 12.0. The number of carbonyl (C=O) groups excluding carboxylic acids is 1. The first-order valence-corrected chi connectivity index (χ1v) is 11.5. The Morgan fingerprint density at radius 3 is 2.39 bits per heavy atom. The van der Waals surface area contributed by atoms with Crippen molar-refractivity contribution >= 4 is 26.0 Å². The third-order valence-corrected chi connectivity index (χ3v) is 7.79. The standard InChI is InChI=1S/C16H22N4O6S2/c1-19(28(24,25)15-4-2-14(12-17)3-5-15)13-16(21)18-6-11-27(22,23)20-7-9-26-10-8-20/h2-5H,6-11,13H2,1H3,(H,18,21). The van der Waals surface area contributed by atoms with Crippen LogP contribution in [0.1, 0.15) is 5.56 Å². The minimum Gasteiger partial charge on any atom is -0.379 e. The summed E-state index contributed by atoms with van der Waals surface area (Å²) in [6, 6.07) is 7.22. The van der Waals surface area contributed by atoms with E-state index in [1.54, 1.807) is 0 Å². The fourth-order valence-corrected chi connectivity index (χ4v) is 4.95. The van der Waals surface area contributed by atoms with Crippen LogP contribution in [0.5, 0.6) is 0 Å². The molecule has 1 amide bonds. The molecule has 0 aliphatic carbocycles. The lowest BCUT2D eigenvalue weighted by Gasteiger charge is -2.26. The molecule has 10 nitrogen and oxygen atoms in total. The molecule has 12 heteroatoms. The van der Waals surface area contributed by atoms with Crippen molar-refractivity contribution in [3.05, 3.63) is 29.8 Å². The smallest absolute Gasteiger partial charge is 0.243 e. The van der Waals surface area contributed by atoms with Gasteiger partial charge in [-0.1, -0.05) is 0 Å². The van der Waals surface area contributed by atoms with Gasteiger partial charge in [0, 0.05) is 26.7 Å². The molecule has 1 heterocycles. The van der Waals surface area contributed by atoms with Gasteiger partial charge in [-0.25, -0.2) is 16.8 Å². The lowest BCUT2D eigenvalue weighted by molar-refractivity contribution is -0.121. The van der Waals surface area contributed by atoms with Crippen molar-refractivity contribution in [3.63, 3.8) is 0 Å². The number of nitriles is 1. The lowest BCUT2D eigenvalue weighted by Crippen LogP contribution is -2.45. The van der Waals surface area contributed by atoms with E-state index in [0.717, 1.165) is 4.31 Å². The van der Waals surface area contributed by atoms with Gasteiger partial charge in [0.2, 0.25) is 26.0 Å². The summed E-state index contributed by atoms with van der Waals surface area (Å²) in [5.74, 6) is -0.887. The van der Waals surface area contributed by atoms with Crippen molar-refractivity contribution in [1.29, 1.82) is 5.26 Å². The van der Waals surface area contributed by atoms with Crippen molar-refractivity contribution < 1.29 is 26.4 Å². The zero-order chi connectivity index (χ0) is 20.8. The summed E-state index contributed by atoms with van der Waals surface area (Å²) in [5.41, 5.74) is 0.320. The quantitative estimate of drug-likeness (QED) is 0.556. The van der Waals surface area contributed by atoms with Crippen LogP contribution in [0.2, 0.25) is 0 Å². The van der Waals surface area contributed by atoms with E-state index in [2.05, 4.69) is 5.32 Å². The highest BCUT2D eigenvalue weighted by Gasteiger charge is 2.25. The summed E-state index contributed by atoms with van der Waals surface area (Å²) in [5, 5.41) is 11.2. The minimum absolute atomic E-state index is 0.0447. The van der Waals surface area contributed by atoms with Crippen LogP contribution in [0.3, 0.4) is 0 Å². The first-order valence-electron chi connectivity index (χ1n) is 8.45. The molecule has 1 aliphatic heterocycles. The van der Waals surface area contributed by atoms with Gasteiger partial charge < -0.3 is 10.1 Å².